The fourth-order valence-corrected chi connectivity index (χ4v) is 3.23. The van der Waals surface area contributed by atoms with E-state index in [1.807, 2.05) is 0 Å². The third-order valence-electron chi connectivity index (χ3n) is 4.35. The largest absolute Gasteiger partial charge is 0.481 e. The van der Waals surface area contributed by atoms with Gasteiger partial charge in [-0.15, -0.1) is 0 Å². The Hall–Kier alpha value is -0.610. The maximum Gasteiger partial charge on any atom is 0.306 e. The Morgan fingerprint density at radius 3 is 2.67 bits per heavy atom. The Kier molecular flexibility index (Phi) is 5.01. The van der Waals surface area contributed by atoms with E-state index >= 15 is 0 Å². The monoisotopic (exact) mass is 255 g/mol. The number of ether oxygens (including phenoxy) is 1. The maximum atomic E-state index is 10.9. The Bertz CT molecular complexity index is 272. The molecular weight excluding hydrogens is 230 g/mol. The average Bonchev–Trinajstić information content (AvgIpc) is 2.39. The second-order valence-electron chi connectivity index (χ2n) is 5.61. The van der Waals surface area contributed by atoms with Crippen LogP contribution in [0.3, 0.4) is 0 Å². The van der Waals surface area contributed by atoms with Crippen LogP contribution < -0.4 is 0 Å². The number of carboxylic acid groups (broad SMARTS) is 1. The predicted octanol–water partition coefficient (Wildman–Crippen LogP) is 2.13. The quantitative estimate of drug-likeness (QED) is 0.836. The van der Waals surface area contributed by atoms with Gasteiger partial charge in [0.1, 0.15) is 0 Å². The van der Waals surface area contributed by atoms with E-state index in [9.17, 15) is 4.79 Å². The van der Waals surface area contributed by atoms with E-state index in [0.29, 0.717) is 12.1 Å². The number of carboxylic acids is 1. The molecule has 2 heterocycles. The summed E-state index contributed by atoms with van der Waals surface area (Å²) in [6.45, 7) is 4.96. The van der Waals surface area contributed by atoms with Crippen molar-refractivity contribution in [3.63, 3.8) is 0 Å². The summed E-state index contributed by atoms with van der Waals surface area (Å²) in [5.41, 5.74) is 0. The normalized spacial score (nSPS) is 31.4. The highest BCUT2D eigenvalue weighted by Gasteiger charge is 2.31. The highest BCUT2D eigenvalue weighted by atomic mass is 16.5. The molecule has 0 aromatic heterocycles. The first-order valence-electron chi connectivity index (χ1n) is 7.29. The fourth-order valence-electron chi connectivity index (χ4n) is 3.23. The van der Waals surface area contributed by atoms with Crippen molar-refractivity contribution < 1.29 is 14.6 Å². The standard InChI is InChI=1S/C14H25NO3/c1-2-3-13-10-12(6-9-18-13)15-7-4-11(5-8-15)14(16)17/h11-13H,2-10H2,1H3,(H,16,17). The number of likely N-dealkylation sites (tertiary alicyclic amines) is 1. The van der Waals surface area contributed by atoms with Gasteiger partial charge in [-0.3, -0.25) is 4.79 Å². The van der Waals surface area contributed by atoms with Gasteiger partial charge in [0.2, 0.25) is 0 Å². The second-order valence-corrected chi connectivity index (χ2v) is 5.61. The molecule has 0 aliphatic carbocycles. The number of hydrogen-bond acceptors (Lipinski definition) is 3. The van der Waals surface area contributed by atoms with Gasteiger partial charge in [-0.05, 0) is 45.2 Å². The topological polar surface area (TPSA) is 49.8 Å². The number of carbonyl (C=O) groups is 1. The second kappa shape index (κ2) is 6.53. The van der Waals surface area contributed by atoms with Crippen molar-refractivity contribution in [1.82, 2.24) is 4.90 Å². The molecule has 2 aliphatic rings. The molecule has 0 spiro atoms. The highest BCUT2D eigenvalue weighted by molar-refractivity contribution is 5.70. The highest BCUT2D eigenvalue weighted by Crippen LogP contribution is 2.26. The van der Waals surface area contributed by atoms with Crippen LogP contribution in [0.15, 0.2) is 0 Å². The van der Waals surface area contributed by atoms with Crippen LogP contribution in [0.25, 0.3) is 0 Å². The fraction of sp³-hybridized carbons (Fsp3) is 0.929. The summed E-state index contributed by atoms with van der Waals surface area (Å²) in [5, 5.41) is 9.01. The molecule has 0 bridgehead atoms. The lowest BCUT2D eigenvalue weighted by Gasteiger charge is -2.40. The van der Waals surface area contributed by atoms with Crippen LogP contribution in [0.5, 0.6) is 0 Å². The average molecular weight is 255 g/mol. The van der Waals surface area contributed by atoms with Crippen molar-refractivity contribution >= 4 is 5.97 Å². The van der Waals surface area contributed by atoms with Crippen LogP contribution in [-0.2, 0) is 9.53 Å². The van der Waals surface area contributed by atoms with Gasteiger partial charge in [0.25, 0.3) is 0 Å². The van der Waals surface area contributed by atoms with Gasteiger partial charge >= 0.3 is 5.97 Å². The molecule has 4 heteroatoms. The zero-order valence-corrected chi connectivity index (χ0v) is 11.3. The number of aliphatic carboxylic acids is 1. The van der Waals surface area contributed by atoms with Crippen molar-refractivity contribution in [3.05, 3.63) is 0 Å². The van der Waals surface area contributed by atoms with Gasteiger partial charge in [-0.1, -0.05) is 13.3 Å². The van der Waals surface area contributed by atoms with Crippen molar-refractivity contribution in [2.75, 3.05) is 19.7 Å². The minimum atomic E-state index is -0.620. The van der Waals surface area contributed by atoms with Gasteiger partial charge < -0.3 is 14.7 Å². The van der Waals surface area contributed by atoms with E-state index in [4.69, 9.17) is 9.84 Å². The van der Waals surface area contributed by atoms with E-state index in [1.165, 1.54) is 6.42 Å². The van der Waals surface area contributed by atoms with Gasteiger partial charge in [0, 0.05) is 12.6 Å². The van der Waals surface area contributed by atoms with E-state index in [2.05, 4.69) is 11.8 Å². The van der Waals surface area contributed by atoms with Gasteiger partial charge in [0.05, 0.1) is 12.0 Å². The lowest BCUT2D eigenvalue weighted by atomic mass is 9.92. The summed E-state index contributed by atoms with van der Waals surface area (Å²) in [6.07, 6.45) is 6.62. The third-order valence-corrected chi connectivity index (χ3v) is 4.35. The van der Waals surface area contributed by atoms with E-state index in [0.717, 1.165) is 51.8 Å². The molecule has 0 saturated carbocycles. The Labute approximate surface area is 109 Å². The molecule has 18 heavy (non-hydrogen) atoms. The van der Waals surface area contributed by atoms with Crippen molar-refractivity contribution in [3.8, 4) is 0 Å². The molecule has 0 radical (unpaired) electrons. The first kappa shape index (κ1) is 13.8. The van der Waals surface area contributed by atoms with Crippen LogP contribution in [0.2, 0.25) is 0 Å². The zero-order chi connectivity index (χ0) is 13.0. The van der Waals surface area contributed by atoms with Gasteiger partial charge in [0.15, 0.2) is 0 Å². The molecule has 2 rings (SSSR count). The first-order valence-corrected chi connectivity index (χ1v) is 7.29. The van der Waals surface area contributed by atoms with Crippen molar-refractivity contribution in [2.24, 2.45) is 5.92 Å². The Morgan fingerprint density at radius 1 is 1.33 bits per heavy atom. The molecule has 4 nitrogen and oxygen atoms in total. The van der Waals surface area contributed by atoms with E-state index < -0.39 is 5.97 Å². The van der Waals surface area contributed by atoms with Crippen LogP contribution in [-0.4, -0.2) is 47.8 Å². The summed E-state index contributed by atoms with van der Waals surface area (Å²) in [4.78, 5) is 13.4. The lowest BCUT2D eigenvalue weighted by Crippen LogP contribution is -2.46. The number of hydrogen-bond donors (Lipinski definition) is 1. The molecule has 2 aliphatic heterocycles. The molecule has 0 aromatic rings. The minimum Gasteiger partial charge on any atom is -0.481 e. The Balaban J connectivity index is 1.80. The Morgan fingerprint density at radius 2 is 2.06 bits per heavy atom. The van der Waals surface area contributed by atoms with E-state index in [-0.39, 0.29) is 5.92 Å². The van der Waals surface area contributed by atoms with Crippen LogP contribution in [0.4, 0.5) is 0 Å². The van der Waals surface area contributed by atoms with Gasteiger partial charge in [-0.2, -0.15) is 0 Å². The minimum absolute atomic E-state index is 0.118. The summed E-state index contributed by atoms with van der Waals surface area (Å²) in [5.74, 6) is -0.738. The number of piperidine rings is 1. The molecule has 0 aromatic carbocycles. The summed E-state index contributed by atoms with van der Waals surface area (Å²) < 4.78 is 5.78. The smallest absolute Gasteiger partial charge is 0.306 e. The van der Waals surface area contributed by atoms with Crippen LogP contribution in [0, 0.1) is 5.92 Å². The molecule has 104 valence electrons. The number of nitrogens with zero attached hydrogens (tertiary/aromatic N) is 1. The number of rotatable bonds is 4. The van der Waals surface area contributed by atoms with Crippen LogP contribution in [0.1, 0.15) is 45.4 Å². The first-order chi connectivity index (χ1) is 8.70. The van der Waals surface area contributed by atoms with E-state index in [1.54, 1.807) is 0 Å². The summed E-state index contributed by atoms with van der Waals surface area (Å²) >= 11 is 0. The third kappa shape index (κ3) is 3.45. The van der Waals surface area contributed by atoms with Crippen molar-refractivity contribution in [2.45, 2.75) is 57.6 Å². The molecule has 1 N–H and O–H groups in total. The molecule has 2 fully saturated rings. The predicted molar refractivity (Wildman–Crippen MR) is 69.6 cm³/mol. The maximum absolute atomic E-state index is 10.9. The van der Waals surface area contributed by atoms with Gasteiger partial charge in [-0.25, -0.2) is 0 Å². The lowest BCUT2D eigenvalue weighted by molar-refractivity contribution is -0.143. The summed E-state index contributed by atoms with van der Waals surface area (Å²) in [6, 6.07) is 0.616. The molecule has 2 saturated heterocycles. The zero-order valence-electron chi connectivity index (χ0n) is 11.3. The molecule has 2 unspecified atom stereocenters. The summed E-state index contributed by atoms with van der Waals surface area (Å²) in [7, 11) is 0. The SMILES string of the molecule is CCCC1CC(N2CCC(C(=O)O)CC2)CCO1. The van der Waals surface area contributed by atoms with Crippen molar-refractivity contribution in [1.29, 1.82) is 0 Å². The molecule has 0 amide bonds. The molecule has 2 atom stereocenters. The van der Waals surface area contributed by atoms with Crippen LogP contribution >= 0.6 is 0 Å². The molecular formula is C14H25NO3.